The fourth-order valence-corrected chi connectivity index (χ4v) is 2.93. The summed E-state index contributed by atoms with van der Waals surface area (Å²) in [7, 11) is 0. The molecule has 2 rings (SSSR count). The number of hydrogen-bond donors (Lipinski definition) is 2. The van der Waals surface area contributed by atoms with Gasteiger partial charge in [-0.3, -0.25) is 0 Å². The minimum absolute atomic E-state index is 0.581. The average Bonchev–Trinajstić information content (AvgIpc) is 2.62. The van der Waals surface area contributed by atoms with Gasteiger partial charge in [-0.15, -0.1) is 0 Å². The lowest BCUT2D eigenvalue weighted by Gasteiger charge is -2.12. The third-order valence-electron chi connectivity index (χ3n) is 3.91. The molecule has 0 spiro atoms. The summed E-state index contributed by atoms with van der Waals surface area (Å²) in [6.45, 7) is 5.79. The molecule has 0 bridgehead atoms. The summed E-state index contributed by atoms with van der Waals surface area (Å²) in [4.78, 5) is 0. The lowest BCUT2D eigenvalue weighted by atomic mass is 10.1. The Hall–Kier alpha value is -1.78. The fraction of sp³-hybridized carbons (Fsp3) is 0.381. The number of halogens is 1. The van der Waals surface area contributed by atoms with E-state index in [2.05, 4.69) is 24.5 Å². The first-order valence-electron chi connectivity index (χ1n) is 9.05. The zero-order chi connectivity index (χ0) is 18.8. The molecule has 0 fully saturated rings. The van der Waals surface area contributed by atoms with Crippen molar-refractivity contribution in [3.63, 3.8) is 0 Å². The van der Waals surface area contributed by atoms with Crippen molar-refractivity contribution < 1.29 is 4.74 Å². The van der Waals surface area contributed by atoms with Gasteiger partial charge in [-0.05, 0) is 60.8 Å². The predicted octanol–water partition coefficient (Wildman–Crippen LogP) is 6.03. The molecule has 0 aliphatic carbocycles. The first kappa shape index (κ1) is 20.5. The van der Waals surface area contributed by atoms with Crippen LogP contribution in [0.2, 0.25) is 5.02 Å². The quantitative estimate of drug-likeness (QED) is 0.404. The van der Waals surface area contributed by atoms with Gasteiger partial charge in [-0.25, -0.2) is 0 Å². The largest absolute Gasteiger partial charge is 0.492 e. The highest BCUT2D eigenvalue weighted by molar-refractivity contribution is 7.80. The van der Waals surface area contributed by atoms with E-state index in [1.54, 1.807) is 0 Å². The number of para-hydroxylation sites is 1. The molecule has 0 radical (unpaired) electrons. The predicted molar refractivity (Wildman–Crippen MR) is 115 cm³/mol. The van der Waals surface area contributed by atoms with Crippen molar-refractivity contribution in [1.29, 1.82) is 0 Å². The zero-order valence-electron chi connectivity index (χ0n) is 15.4. The number of benzene rings is 2. The Labute approximate surface area is 167 Å². The van der Waals surface area contributed by atoms with Crippen LogP contribution in [0.1, 0.15) is 38.7 Å². The summed E-state index contributed by atoms with van der Waals surface area (Å²) in [6.07, 6.45) is 3.47. The number of nitrogens with one attached hydrogen (secondary N) is 2. The highest BCUT2D eigenvalue weighted by Gasteiger charge is 2.05. The van der Waals surface area contributed by atoms with Crippen molar-refractivity contribution in [3.05, 3.63) is 59.1 Å². The first-order valence-corrected chi connectivity index (χ1v) is 9.84. The third-order valence-corrected chi connectivity index (χ3v) is 4.46. The van der Waals surface area contributed by atoms with Gasteiger partial charge >= 0.3 is 0 Å². The molecule has 3 nitrogen and oxygen atoms in total. The van der Waals surface area contributed by atoms with E-state index in [1.807, 2.05) is 48.5 Å². The van der Waals surface area contributed by atoms with Gasteiger partial charge < -0.3 is 15.4 Å². The van der Waals surface area contributed by atoms with E-state index in [0.717, 1.165) is 29.3 Å². The SMILES string of the molecule is CC(C)CCCCOc1ccc(CNC(=S)Nc2ccccc2)cc1Cl. The molecule has 0 amide bonds. The molecular formula is C21H27ClN2OS. The average molecular weight is 391 g/mol. The molecule has 0 aromatic heterocycles. The third kappa shape index (κ3) is 7.63. The van der Waals surface area contributed by atoms with Gasteiger partial charge in [-0.1, -0.05) is 56.1 Å². The van der Waals surface area contributed by atoms with Crippen LogP contribution in [0.15, 0.2) is 48.5 Å². The Morgan fingerprint density at radius 3 is 2.58 bits per heavy atom. The molecule has 26 heavy (non-hydrogen) atoms. The van der Waals surface area contributed by atoms with Gasteiger partial charge in [-0.2, -0.15) is 0 Å². The van der Waals surface area contributed by atoms with E-state index in [4.69, 9.17) is 28.6 Å². The van der Waals surface area contributed by atoms with Crippen molar-refractivity contribution >= 4 is 34.6 Å². The summed E-state index contributed by atoms with van der Waals surface area (Å²) < 4.78 is 5.79. The maximum Gasteiger partial charge on any atom is 0.171 e. The van der Waals surface area contributed by atoms with Gasteiger partial charge in [0.05, 0.1) is 11.6 Å². The Bertz CT molecular complexity index is 692. The summed E-state index contributed by atoms with van der Waals surface area (Å²) >= 11 is 11.7. The van der Waals surface area contributed by atoms with E-state index in [-0.39, 0.29) is 0 Å². The molecule has 0 heterocycles. The van der Waals surface area contributed by atoms with Gasteiger partial charge in [0.15, 0.2) is 5.11 Å². The molecule has 0 unspecified atom stereocenters. The maximum atomic E-state index is 6.34. The molecule has 0 aliphatic heterocycles. The molecule has 2 aromatic rings. The van der Waals surface area contributed by atoms with E-state index >= 15 is 0 Å². The van der Waals surface area contributed by atoms with Crippen LogP contribution in [-0.2, 0) is 6.54 Å². The van der Waals surface area contributed by atoms with Gasteiger partial charge in [0.25, 0.3) is 0 Å². The Morgan fingerprint density at radius 1 is 1.12 bits per heavy atom. The molecular weight excluding hydrogens is 364 g/mol. The van der Waals surface area contributed by atoms with Gasteiger partial charge in [0, 0.05) is 12.2 Å². The normalized spacial score (nSPS) is 10.6. The van der Waals surface area contributed by atoms with Crippen LogP contribution in [0.3, 0.4) is 0 Å². The number of ether oxygens (including phenoxy) is 1. The second-order valence-electron chi connectivity index (χ2n) is 6.68. The molecule has 140 valence electrons. The van der Waals surface area contributed by atoms with Crippen LogP contribution in [0.5, 0.6) is 5.75 Å². The minimum Gasteiger partial charge on any atom is -0.492 e. The van der Waals surface area contributed by atoms with E-state index in [1.165, 1.54) is 12.8 Å². The lowest BCUT2D eigenvalue weighted by Crippen LogP contribution is -2.27. The number of rotatable bonds is 9. The van der Waals surface area contributed by atoms with Crippen LogP contribution in [0, 0.1) is 5.92 Å². The highest BCUT2D eigenvalue weighted by atomic mass is 35.5. The molecule has 0 aliphatic rings. The smallest absolute Gasteiger partial charge is 0.171 e. The van der Waals surface area contributed by atoms with Gasteiger partial charge in [0.2, 0.25) is 0 Å². The second-order valence-corrected chi connectivity index (χ2v) is 7.49. The maximum absolute atomic E-state index is 6.34. The lowest BCUT2D eigenvalue weighted by molar-refractivity contribution is 0.301. The van der Waals surface area contributed by atoms with E-state index in [9.17, 15) is 0 Å². The minimum atomic E-state index is 0.581. The summed E-state index contributed by atoms with van der Waals surface area (Å²) in [5.74, 6) is 1.48. The number of thiocarbonyl (C=S) groups is 1. The monoisotopic (exact) mass is 390 g/mol. The first-order chi connectivity index (χ1) is 12.5. The second kappa shape index (κ2) is 11.0. The standard InChI is InChI=1S/C21H27ClN2OS/c1-16(2)8-6-7-13-25-20-12-11-17(14-19(20)22)15-23-21(26)24-18-9-4-3-5-10-18/h3-5,9-12,14,16H,6-8,13,15H2,1-2H3,(H2,23,24,26). The van der Waals surface area contributed by atoms with Crippen LogP contribution in [0.4, 0.5) is 5.69 Å². The topological polar surface area (TPSA) is 33.3 Å². The van der Waals surface area contributed by atoms with Crippen molar-refractivity contribution in [3.8, 4) is 5.75 Å². The highest BCUT2D eigenvalue weighted by Crippen LogP contribution is 2.25. The van der Waals surface area contributed by atoms with Crippen LogP contribution >= 0.6 is 23.8 Å². The van der Waals surface area contributed by atoms with E-state index in [0.29, 0.717) is 23.3 Å². The zero-order valence-corrected chi connectivity index (χ0v) is 17.0. The fourth-order valence-electron chi connectivity index (χ4n) is 2.49. The Morgan fingerprint density at radius 2 is 1.88 bits per heavy atom. The molecule has 2 aromatic carbocycles. The Kier molecular flexibility index (Phi) is 8.72. The molecule has 0 atom stereocenters. The number of unbranched alkanes of at least 4 members (excludes halogenated alkanes) is 1. The number of anilines is 1. The van der Waals surface area contributed by atoms with Crippen molar-refractivity contribution in [2.24, 2.45) is 5.92 Å². The molecule has 2 N–H and O–H groups in total. The number of hydrogen-bond acceptors (Lipinski definition) is 2. The van der Waals surface area contributed by atoms with E-state index < -0.39 is 0 Å². The van der Waals surface area contributed by atoms with Crippen molar-refractivity contribution in [1.82, 2.24) is 5.32 Å². The van der Waals surface area contributed by atoms with Crippen LogP contribution in [0.25, 0.3) is 0 Å². The molecule has 0 saturated carbocycles. The van der Waals surface area contributed by atoms with Crippen molar-refractivity contribution in [2.45, 2.75) is 39.7 Å². The summed E-state index contributed by atoms with van der Waals surface area (Å²) in [5, 5.41) is 7.55. The van der Waals surface area contributed by atoms with Crippen molar-refractivity contribution in [2.75, 3.05) is 11.9 Å². The van der Waals surface area contributed by atoms with Crippen LogP contribution < -0.4 is 15.4 Å². The summed E-state index contributed by atoms with van der Waals surface area (Å²) in [6, 6.07) is 15.7. The molecule has 0 saturated heterocycles. The Balaban J connectivity index is 1.75. The van der Waals surface area contributed by atoms with Crippen LogP contribution in [-0.4, -0.2) is 11.7 Å². The summed E-state index contributed by atoms with van der Waals surface area (Å²) in [5.41, 5.74) is 2.02. The van der Waals surface area contributed by atoms with Gasteiger partial charge in [0.1, 0.15) is 5.75 Å². The molecule has 5 heteroatoms.